The van der Waals surface area contributed by atoms with Gasteiger partial charge < -0.3 is 10.5 Å². The molecule has 0 bridgehead atoms. The quantitative estimate of drug-likeness (QED) is 0.919. The van der Waals surface area contributed by atoms with E-state index in [1.54, 1.807) is 24.3 Å². The van der Waals surface area contributed by atoms with E-state index in [1.165, 1.54) is 25.3 Å². The van der Waals surface area contributed by atoms with Gasteiger partial charge in [0.2, 0.25) is 0 Å². The highest BCUT2D eigenvalue weighted by molar-refractivity contribution is 5.33. The van der Waals surface area contributed by atoms with E-state index in [-0.39, 0.29) is 17.6 Å². The SMILES string of the molecule is COc1cc(C(N)Cc2ccc(F)cc2)ccc1F. The van der Waals surface area contributed by atoms with Gasteiger partial charge in [0.15, 0.2) is 11.6 Å². The Morgan fingerprint density at radius 2 is 1.79 bits per heavy atom. The standard InChI is InChI=1S/C15H15F2NO/c1-19-15-9-11(4-7-13(15)17)14(18)8-10-2-5-12(16)6-3-10/h2-7,9,14H,8,18H2,1H3. The van der Waals surface area contributed by atoms with Gasteiger partial charge in [-0.1, -0.05) is 18.2 Å². The topological polar surface area (TPSA) is 35.2 Å². The first-order chi connectivity index (χ1) is 9.10. The first kappa shape index (κ1) is 13.5. The van der Waals surface area contributed by atoms with Gasteiger partial charge in [-0.15, -0.1) is 0 Å². The maximum absolute atomic E-state index is 13.3. The van der Waals surface area contributed by atoms with Gasteiger partial charge in [0.05, 0.1) is 7.11 Å². The van der Waals surface area contributed by atoms with E-state index in [9.17, 15) is 8.78 Å². The van der Waals surface area contributed by atoms with Crippen molar-refractivity contribution in [2.75, 3.05) is 7.11 Å². The normalized spacial score (nSPS) is 12.2. The van der Waals surface area contributed by atoms with Gasteiger partial charge in [-0.25, -0.2) is 8.78 Å². The lowest BCUT2D eigenvalue weighted by molar-refractivity contribution is 0.385. The Hall–Kier alpha value is -1.94. The third kappa shape index (κ3) is 3.29. The summed E-state index contributed by atoms with van der Waals surface area (Å²) in [6.07, 6.45) is 0.551. The Labute approximate surface area is 110 Å². The largest absolute Gasteiger partial charge is 0.494 e. The van der Waals surface area contributed by atoms with Crippen molar-refractivity contribution in [2.24, 2.45) is 5.73 Å². The number of benzene rings is 2. The molecule has 0 aliphatic heterocycles. The minimum Gasteiger partial charge on any atom is -0.494 e. The van der Waals surface area contributed by atoms with Crippen LogP contribution in [0.25, 0.3) is 0 Å². The maximum atomic E-state index is 13.3. The molecule has 2 N–H and O–H groups in total. The molecule has 0 radical (unpaired) electrons. The van der Waals surface area contributed by atoms with E-state index < -0.39 is 5.82 Å². The van der Waals surface area contributed by atoms with E-state index in [1.807, 2.05) is 0 Å². The molecule has 4 heteroatoms. The molecule has 2 rings (SSSR count). The van der Waals surface area contributed by atoms with Crippen molar-refractivity contribution < 1.29 is 13.5 Å². The molecule has 0 fully saturated rings. The summed E-state index contributed by atoms with van der Waals surface area (Å²) >= 11 is 0. The van der Waals surface area contributed by atoms with Gasteiger partial charge in [-0.05, 0) is 41.8 Å². The molecule has 19 heavy (non-hydrogen) atoms. The van der Waals surface area contributed by atoms with E-state index in [0.29, 0.717) is 6.42 Å². The van der Waals surface area contributed by atoms with Crippen molar-refractivity contribution >= 4 is 0 Å². The molecule has 0 aromatic heterocycles. The molecule has 0 saturated carbocycles. The molecule has 0 spiro atoms. The zero-order valence-corrected chi connectivity index (χ0v) is 10.6. The molecular weight excluding hydrogens is 248 g/mol. The number of hydrogen-bond acceptors (Lipinski definition) is 2. The monoisotopic (exact) mass is 263 g/mol. The van der Waals surface area contributed by atoms with E-state index in [2.05, 4.69) is 0 Å². The number of halogens is 2. The molecule has 100 valence electrons. The fraction of sp³-hybridized carbons (Fsp3) is 0.200. The molecule has 1 unspecified atom stereocenters. The van der Waals surface area contributed by atoms with Crippen molar-refractivity contribution in [3.05, 3.63) is 65.2 Å². The van der Waals surface area contributed by atoms with Crippen LogP contribution in [0, 0.1) is 11.6 Å². The second kappa shape index (κ2) is 5.80. The highest BCUT2D eigenvalue weighted by atomic mass is 19.1. The minimum absolute atomic E-state index is 0.173. The van der Waals surface area contributed by atoms with Gasteiger partial charge in [0, 0.05) is 6.04 Å². The average molecular weight is 263 g/mol. The average Bonchev–Trinajstić information content (AvgIpc) is 2.42. The minimum atomic E-state index is -0.416. The van der Waals surface area contributed by atoms with Crippen LogP contribution in [0.2, 0.25) is 0 Å². The third-order valence-electron chi connectivity index (χ3n) is 2.97. The molecule has 2 nitrogen and oxygen atoms in total. The van der Waals surface area contributed by atoms with Gasteiger partial charge in [-0.2, -0.15) is 0 Å². The fourth-order valence-corrected chi connectivity index (χ4v) is 1.90. The van der Waals surface area contributed by atoms with Crippen LogP contribution in [0.4, 0.5) is 8.78 Å². The first-order valence-electron chi connectivity index (χ1n) is 5.93. The van der Waals surface area contributed by atoms with Crippen molar-refractivity contribution in [3.8, 4) is 5.75 Å². The highest BCUT2D eigenvalue weighted by Crippen LogP contribution is 2.23. The second-order valence-electron chi connectivity index (χ2n) is 4.33. The predicted octanol–water partition coefficient (Wildman–Crippen LogP) is 3.22. The molecule has 0 amide bonds. The van der Waals surface area contributed by atoms with Crippen molar-refractivity contribution in [1.82, 2.24) is 0 Å². The summed E-state index contributed by atoms with van der Waals surface area (Å²) in [6.45, 7) is 0. The van der Waals surface area contributed by atoms with Crippen molar-refractivity contribution in [3.63, 3.8) is 0 Å². The van der Waals surface area contributed by atoms with E-state index >= 15 is 0 Å². The molecule has 0 heterocycles. The predicted molar refractivity (Wildman–Crippen MR) is 70.0 cm³/mol. The van der Waals surface area contributed by atoms with Gasteiger partial charge in [-0.3, -0.25) is 0 Å². The van der Waals surface area contributed by atoms with Crippen LogP contribution in [0.5, 0.6) is 5.75 Å². The summed E-state index contributed by atoms with van der Waals surface area (Å²) in [6, 6.07) is 10.4. The number of rotatable bonds is 4. The smallest absolute Gasteiger partial charge is 0.165 e. The van der Waals surface area contributed by atoms with Crippen LogP contribution < -0.4 is 10.5 Å². The van der Waals surface area contributed by atoms with Gasteiger partial charge in [0.1, 0.15) is 5.82 Å². The van der Waals surface area contributed by atoms with Crippen LogP contribution >= 0.6 is 0 Å². The van der Waals surface area contributed by atoms with Gasteiger partial charge in [0.25, 0.3) is 0 Å². The van der Waals surface area contributed by atoms with Crippen LogP contribution in [0.3, 0.4) is 0 Å². The summed E-state index contributed by atoms with van der Waals surface area (Å²) < 4.78 is 31.0. The van der Waals surface area contributed by atoms with E-state index in [4.69, 9.17) is 10.5 Å². The lowest BCUT2D eigenvalue weighted by atomic mass is 9.99. The molecule has 1 atom stereocenters. The lowest BCUT2D eigenvalue weighted by Crippen LogP contribution is -2.13. The Balaban J connectivity index is 2.15. The summed E-state index contributed by atoms with van der Waals surface area (Å²) in [7, 11) is 1.41. The molecule has 0 aliphatic rings. The molecule has 2 aromatic rings. The summed E-state index contributed by atoms with van der Waals surface area (Å²) in [5.74, 6) is -0.520. The Bertz CT molecular complexity index is 555. The van der Waals surface area contributed by atoms with Crippen LogP contribution in [-0.2, 0) is 6.42 Å². The lowest BCUT2D eigenvalue weighted by Gasteiger charge is -2.13. The van der Waals surface area contributed by atoms with Crippen LogP contribution in [-0.4, -0.2) is 7.11 Å². The van der Waals surface area contributed by atoms with E-state index in [0.717, 1.165) is 11.1 Å². The number of nitrogens with two attached hydrogens (primary N) is 1. The molecule has 0 saturated heterocycles. The number of ether oxygens (including phenoxy) is 1. The Kier molecular flexibility index (Phi) is 4.12. The van der Waals surface area contributed by atoms with Crippen molar-refractivity contribution in [1.29, 1.82) is 0 Å². The molecular formula is C15H15F2NO. The fourth-order valence-electron chi connectivity index (χ4n) is 1.90. The molecule has 0 aliphatic carbocycles. The van der Waals surface area contributed by atoms with Crippen LogP contribution in [0.1, 0.15) is 17.2 Å². The first-order valence-corrected chi connectivity index (χ1v) is 5.93. The zero-order chi connectivity index (χ0) is 13.8. The summed E-state index contributed by atoms with van der Waals surface area (Å²) in [5, 5.41) is 0. The van der Waals surface area contributed by atoms with Crippen molar-refractivity contribution in [2.45, 2.75) is 12.5 Å². The third-order valence-corrected chi connectivity index (χ3v) is 2.97. The summed E-state index contributed by atoms with van der Waals surface area (Å²) in [5.41, 5.74) is 7.78. The molecule has 2 aromatic carbocycles. The number of hydrogen-bond donors (Lipinski definition) is 1. The van der Waals surface area contributed by atoms with Crippen LogP contribution in [0.15, 0.2) is 42.5 Å². The Morgan fingerprint density at radius 3 is 2.42 bits per heavy atom. The number of methoxy groups -OCH3 is 1. The van der Waals surface area contributed by atoms with Gasteiger partial charge >= 0.3 is 0 Å². The second-order valence-corrected chi connectivity index (χ2v) is 4.33. The maximum Gasteiger partial charge on any atom is 0.165 e. The zero-order valence-electron chi connectivity index (χ0n) is 10.6. The Morgan fingerprint density at radius 1 is 1.11 bits per heavy atom. The highest BCUT2D eigenvalue weighted by Gasteiger charge is 2.11. The summed E-state index contributed by atoms with van der Waals surface area (Å²) in [4.78, 5) is 0.